The maximum absolute atomic E-state index is 15.5. The van der Waals surface area contributed by atoms with Crippen LogP contribution in [0.15, 0.2) is 59.4 Å². The van der Waals surface area contributed by atoms with Crippen molar-refractivity contribution in [3.05, 3.63) is 110 Å². The largest absolute Gasteiger partial charge is 0.460 e. The monoisotopic (exact) mass is 1190 g/mol. The van der Waals surface area contributed by atoms with Gasteiger partial charge in [0.2, 0.25) is 35.4 Å². The number of rotatable bonds is 27. The number of aromatic nitrogens is 2. The summed E-state index contributed by atoms with van der Waals surface area (Å²) in [6, 6.07) is 8.74. The number of aryl methyl sites for hydroxylation is 1. The zero-order valence-corrected chi connectivity index (χ0v) is 48.8. The van der Waals surface area contributed by atoms with E-state index >= 15 is 4.39 Å². The second kappa shape index (κ2) is 27.1. The lowest BCUT2D eigenvalue weighted by atomic mass is 9.81. The second-order valence-corrected chi connectivity index (χ2v) is 22.9. The second-order valence-electron chi connectivity index (χ2n) is 22.9. The molecule has 0 saturated heterocycles. The number of unbranched alkanes of at least 4 members (excludes halogenated alkanes) is 2. The molecule has 4 aromatic rings. The fourth-order valence-corrected chi connectivity index (χ4v) is 11.3. The Hall–Kier alpha value is -8.71. The van der Waals surface area contributed by atoms with Crippen molar-refractivity contribution in [1.82, 2.24) is 40.6 Å². The molecule has 0 fully saturated rings. The van der Waals surface area contributed by atoms with Crippen LogP contribution in [-0.4, -0.2) is 141 Å². The van der Waals surface area contributed by atoms with E-state index in [1.54, 1.807) is 71.0 Å². The first-order valence-electron chi connectivity index (χ1n) is 28.8. The number of nitrogens with two attached hydrogens (primary N) is 1. The average molecular weight is 1190 g/mol. The van der Waals surface area contributed by atoms with Gasteiger partial charge in [-0.2, -0.15) is 0 Å². The van der Waals surface area contributed by atoms with E-state index < -0.39 is 108 Å². The van der Waals surface area contributed by atoms with Crippen LogP contribution in [0.5, 0.6) is 0 Å². The third-order valence-electron chi connectivity index (χ3n) is 15.5. The number of ether oxygens (including phenoxy) is 3. The molecule has 4 aliphatic rings. The summed E-state index contributed by atoms with van der Waals surface area (Å²) in [6.07, 6.45) is 4.13. The fraction of sp³-hybridized carbons (Fsp3) is 0.475. The van der Waals surface area contributed by atoms with Crippen molar-refractivity contribution < 1.29 is 71.7 Å². The minimum atomic E-state index is -2.08. The van der Waals surface area contributed by atoms with Crippen LogP contribution in [0.4, 0.5) is 4.39 Å². The van der Waals surface area contributed by atoms with Crippen molar-refractivity contribution >= 4 is 70.1 Å². The molecular weight excluding hydrogens is 1120 g/mol. The van der Waals surface area contributed by atoms with Crippen LogP contribution < -0.4 is 32.6 Å². The molecule has 0 saturated carbocycles. The molecule has 7 N–H and O–H groups in total. The van der Waals surface area contributed by atoms with Crippen molar-refractivity contribution in [2.75, 3.05) is 39.4 Å². The normalized spacial score (nSPS) is 17.2. The highest BCUT2D eigenvalue weighted by Gasteiger charge is 2.46. The van der Waals surface area contributed by atoms with Crippen molar-refractivity contribution in [2.45, 2.75) is 148 Å². The minimum absolute atomic E-state index is 0.0307. The number of benzene rings is 2. The average Bonchev–Trinajstić information content (AvgIpc) is 1.46. The quantitative estimate of drug-likeness (QED) is 0.0250. The van der Waals surface area contributed by atoms with E-state index in [0.717, 1.165) is 9.80 Å². The highest BCUT2D eigenvalue weighted by atomic mass is 19.1. The number of imide groups is 1. The number of nitrogens with one attached hydrogen (secondary N) is 4. The summed E-state index contributed by atoms with van der Waals surface area (Å²) < 4.78 is 33.3. The zero-order chi connectivity index (χ0) is 62.2. The Morgan fingerprint density at radius 3 is 2.34 bits per heavy atom. The first-order valence-corrected chi connectivity index (χ1v) is 28.8. The molecule has 0 bridgehead atoms. The van der Waals surface area contributed by atoms with Gasteiger partial charge in [-0.05, 0) is 94.5 Å². The topological polar surface area (TPSA) is 334 Å². The number of primary amides is 1. The molecule has 2 aromatic heterocycles. The van der Waals surface area contributed by atoms with Gasteiger partial charge in [0.1, 0.15) is 30.7 Å². The molecule has 86 heavy (non-hydrogen) atoms. The summed E-state index contributed by atoms with van der Waals surface area (Å²) in [5.41, 5.74) is 6.47. The lowest BCUT2D eigenvalue weighted by Gasteiger charge is -2.31. The molecule has 1 aliphatic carbocycles. The molecule has 0 radical (unpaired) electrons. The first kappa shape index (κ1) is 63.3. The van der Waals surface area contributed by atoms with Gasteiger partial charge < -0.3 is 55.8 Å². The van der Waals surface area contributed by atoms with Crippen LogP contribution in [0.25, 0.3) is 22.3 Å². The number of hydrogen-bond donors (Lipinski definition) is 6. The Bertz CT molecular complexity index is 3450. The number of cyclic esters (lactones) is 1. The molecule has 24 nitrogen and oxygen atoms in total. The molecule has 5 heterocycles. The molecule has 0 unspecified atom stereocenters. The van der Waals surface area contributed by atoms with Gasteiger partial charge in [-0.15, -0.1) is 0 Å². The van der Waals surface area contributed by atoms with Gasteiger partial charge in [-0.1, -0.05) is 43.7 Å². The summed E-state index contributed by atoms with van der Waals surface area (Å²) in [6.45, 7) is 6.02. The third kappa shape index (κ3) is 14.8. The molecule has 0 spiro atoms. The number of carbonyl (C=O) groups excluding carboxylic acids is 10. The molecule has 4 atom stereocenters. The van der Waals surface area contributed by atoms with Crippen LogP contribution >= 0.6 is 0 Å². The van der Waals surface area contributed by atoms with Crippen LogP contribution in [0, 0.1) is 12.7 Å². The highest BCUT2D eigenvalue weighted by Crippen LogP contribution is 2.46. The van der Waals surface area contributed by atoms with Crippen molar-refractivity contribution in [3.63, 3.8) is 0 Å². The smallest absolute Gasteiger partial charge is 0.343 e. The Labute approximate surface area is 494 Å². The summed E-state index contributed by atoms with van der Waals surface area (Å²) >= 11 is 0. The van der Waals surface area contributed by atoms with Crippen molar-refractivity contribution in [2.24, 2.45) is 5.73 Å². The Balaban J connectivity index is 0.881. The summed E-state index contributed by atoms with van der Waals surface area (Å²) in [4.78, 5) is 151. The van der Waals surface area contributed by atoms with Gasteiger partial charge >= 0.3 is 11.9 Å². The van der Waals surface area contributed by atoms with E-state index in [4.69, 9.17) is 24.9 Å². The molecule has 25 heteroatoms. The van der Waals surface area contributed by atoms with Crippen LogP contribution in [0.2, 0.25) is 0 Å². The predicted molar refractivity (Wildman–Crippen MR) is 306 cm³/mol. The van der Waals surface area contributed by atoms with Gasteiger partial charge in [-0.3, -0.25) is 52.8 Å². The van der Waals surface area contributed by atoms with Crippen molar-refractivity contribution in [1.29, 1.82) is 0 Å². The summed E-state index contributed by atoms with van der Waals surface area (Å²) in [7, 11) is 0. The Kier molecular flexibility index (Phi) is 20.0. The molecule has 2 aromatic carbocycles. The number of fused-ring (bicyclic) bond motifs is 5. The maximum Gasteiger partial charge on any atom is 0.343 e. The van der Waals surface area contributed by atoms with E-state index in [-0.39, 0.29) is 94.3 Å². The number of hydrogen-bond acceptors (Lipinski definition) is 16. The lowest BCUT2D eigenvalue weighted by Crippen LogP contribution is -2.53. The van der Waals surface area contributed by atoms with E-state index in [2.05, 4.69) is 21.3 Å². The molecule has 458 valence electrons. The predicted octanol–water partition coefficient (Wildman–Crippen LogP) is 2.29. The SMILES string of the molecule is CC[C@@]1(O)C(=O)OCc2c1cc1n(c2=O)Cc2c-1nc1cc(F)c(C)c3c1c2[C@@H](NC(=O)CCCN(CC(N)=O)C(=O)[C@H](Cc1ccccc1)NC(=O)CNC(=O)COC[C@H](CC(=O)OC(C)(C)C)NC(=O)CCCCCN1C(=O)C=CC1=O)CC3. The molecule has 8 rings (SSSR count). The summed E-state index contributed by atoms with van der Waals surface area (Å²) in [5.74, 6) is -6.70. The fourth-order valence-electron chi connectivity index (χ4n) is 11.3. The number of nitrogens with zero attached hydrogens (tertiary/aromatic N) is 4. The maximum atomic E-state index is 15.5. The third-order valence-corrected chi connectivity index (χ3v) is 15.5. The van der Waals surface area contributed by atoms with Gasteiger partial charge in [0.25, 0.3) is 17.4 Å². The standard InChI is InChI=1S/C61H72FN9O15/c1-6-61(83)40-26-45-56-38(29-71(45)57(80)39(40)32-85-59(61)82)55-42(19-18-37-34(2)41(62)27-43(68-56)54(37)55)66-48(74)17-13-22-69(30-46(63)72)58(81)44(24-35-14-9-7-10-15-35)67-49(75)28-64-50(76)33-84-31-36(25-53(79)86-60(3,4)5)65-47(73)16-11-8-12-23-70-51(77)20-21-52(70)78/h7,9-10,14-15,20-21,26-27,36,42,44,83H,6,8,11-13,16-19,22-25,28-33H2,1-5H3,(H2,63,72)(H,64,76)(H,65,73)(H,66,74)(H,67,75)/t36-,42-,44-,61-/m0/s1. The number of pyridine rings is 2. The van der Waals surface area contributed by atoms with Crippen molar-refractivity contribution in [3.8, 4) is 11.4 Å². The number of amides is 8. The number of esters is 2. The summed E-state index contributed by atoms with van der Waals surface area (Å²) in [5, 5.41) is 23.0. The van der Waals surface area contributed by atoms with Gasteiger partial charge in [-0.25, -0.2) is 14.2 Å². The minimum Gasteiger partial charge on any atom is -0.460 e. The van der Waals surface area contributed by atoms with Crippen LogP contribution in [-0.2, 0) is 93.8 Å². The molecule has 8 amide bonds. The van der Waals surface area contributed by atoms with E-state index in [9.17, 15) is 57.8 Å². The van der Waals surface area contributed by atoms with Crippen LogP contribution in [0.3, 0.4) is 0 Å². The van der Waals surface area contributed by atoms with E-state index in [0.29, 0.717) is 82.2 Å². The molecule has 3 aliphatic heterocycles. The lowest BCUT2D eigenvalue weighted by molar-refractivity contribution is -0.172. The van der Waals surface area contributed by atoms with Gasteiger partial charge in [0.15, 0.2) is 5.60 Å². The zero-order valence-electron chi connectivity index (χ0n) is 48.8. The highest BCUT2D eigenvalue weighted by molar-refractivity contribution is 6.12. The van der Waals surface area contributed by atoms with E-state index in [1.165, 1.54) is 22.8 Å². The number of carbonyl (C=O) groups is 10. The Morgan fingerprint density at radius 2 is 1.64 bits per heavy atom. The van der Waals surface area contributed by atoms with Crippen LogP contribution in [0.1, 0.15) is 130 Å². The van der Waals surface area contributed by atoms with Gasteiger partial charge in [0.05, 0.1) is 67.2 Å². The number of aliphatic hydroxyl groups is 1. The first-order chi connectivity index (χ1) is 40.8. The Morgan fingerprint density at radius 1 is 0.919 bits per heavy atom. The van der Waals surface area contributed by atoms with Gasteiger partial charge in [0, 0.05) is 67.1 Å². The van der Waals surface area contributed by atoms with E-state index in [1.807, 2.05) is 0 Å². The number of halogens is 1. The molecular formula is C61H72FN9O15.